The molecule has 0 aliphatic heterocycles. The van der Waals surface area contributed by atoms with E-state index in [0.29, 0.717) is 29.4 Å². The van der Waals surface area contributed by atoms with E-state index in [0.717, 1.165) is 16.5 Å². The molecule has 9 heteroatoms. The number of hydrazine groups is 1. The van der Waals surface area contributed by atoms with Gasteiger partial charge in [0, 0.05) is 30.7 Å². The van der Waals surface area contributed by atoms with Crippen LogP contribution in [0, 0.1) is 0 Å². The lowest BCUT2D eigenvalue weighted by molar-refractivity contribution is 0.0937. The Labute approximate surface area is 180 Å². The number of urea groups is 1. The van der Waals surface area contributed by atoms with Crippen LogP contribution < -0.4 is 30.4 Å². The monoisotopic (exact) mass is 426 g/mol. The van der Waals surface area contributed by atoms with Gasteiger partial charge in [-0.15, -0.1) is 0 Å². The van der Waals surface area contributed by atoms with Crippen molar-refractivity contribution in [1.29, 1.82) is 0 Å². The molecule has 0 saturated carbocycles. The number of nitrogens with zero attached hydrogens (tertiary/aromatic N) is 1. The van der Waals surface area contributed by atoms with Crippen LogP contribution in [0.4, 0.5) is 4.79 Å². The molecule has 0 fully saturated rings. The molecule has 0 bridgehead atoms. The summed E-state index contributed by atoms with van der Waals surface area (Å²) in [5.74, 6) is 1.10. The minimum atomic E-state index is -0.555. The second-order valence-electron chi connectivity index (χ2n) is 6.70. The molecule has 0 saturated heterocycles. The van der Waals surface area contributed by atoms with E-state index in [9.17, 15) is 9.59 Å². The Morgan fingerprint density at radius 2 is 1.71 bits per heavy atom. The van der Waals surface area contributed by atoms with Crippen molar-refractivity contribution in [2.45, 2.75) is 13.5 Å². The van der Waals surface area contributed by atoms with E-state index in [1.165, 1.54) is 14.2 Å². The summed E-state index contributed by atoms with van der Waals surface area (Å²) >= 11 is 0. The Morgan fingerprint density at radius 3 is 2.35 bits per heavy atom. The van der Waals surface area contributed by atoms with E-state index in [1.54, 1.807) is 18.3 Å². The van der Waals surface area contributed by atoms with Gasteiger partial charge in [0.05, 0.1) is 26.4 Å². The lowest BCUT2D eigenvalue weighted by Gasteiger charge is -2.15. The molecule has 3 aromatic rings. The summed E-state index contributed by atoms with van der Waals surface area (Å²) in [5.41, 5.74) is 6.94. The molecule has 0 radical (unpaired) electrons. The number of hydrogen-bond acceptors (Lipinski definition) is 5. The summed E-state index contributed by atoms with van der Waals surface area (Å²) in [6.07, 6.45) is 1.72. The molecule has 1 aromatic heterocycles. The summed E-state index contributed by atoms with van der Waals surface area (Å²) in [6.45, 7) is 2.52. The summed E-state index contributed by atoms with van der Waals surface area (Å²) in [6, 6.07) is 10.5. The number of nitrogens with one attached hydrogen (secondary N) is 3. The van der Waals surface area contributed by atoms with Crippen molar-refractivity contribution in [2.75, 3.05) is 20.8 Å². The number of fused-ring (bicyclic) bond motifs is 1. The van der Waals surface area contributed by atoms with Crippen molar-refractivity contribution < 1.29 is 23.8 Å². The molecule has 3 N–H and O–H groups in total. The SMILES string of the molecule is CCOc1c(OC)cc(CNC(=O)NNC(=O)c2cn(C)c3ccccc23)cc1OC. The van der Waals surface area contributed by atoms with Gasteiger partial charge in [0.25, 0.3) is 5.91 Å². The van der Waals surface area contributed by atoms with E-state index >= 15 is 0 Å². The van der Waals surface area contributed by atoms with Crippen LogP contribution in [0.5, 0.6) is 17.2 Å². The molecule has 1 heterocycles. The third-order valence-electron chi connectivity index (χ3n) is 4.69. The summed E-state index contributed by atoms with van der Waals surface area (Å²) in [7, 11) is 4.92. The van der Waals surface area contributed by atoms with E-state index < -0.39 is 11.9 Å². The van der Waals surface area contributed by atoms with Crippen LogP contribution in [0.3, 0.4) is 0 Å². The highest BCUT2D eigenvalue weighted by Gasteiger charge is 2.16. The van der Waals surface area contributed by atoms with Crippen molar-refractivity contribution >= 4 is 22.8 Å². The molecule has 9 nitrogen and oxygen atoms in total. The second-order valence-corrected chi connectivity index (χ2v) is 6.70. The molecule has 0 spiro atoms. The number of benzene rings is 2. The molecular formula is C22H26N4O5. The van der Waals surface area contributed by atoms with Crippen molar-refractivity contribution in [1.82, 2.24) is 20.7 Å². The lowest BCUT2D eigenvalue weighted by Crippen LogP contribution is -2.46. The first-order valence-corrected chi connectivity index (χ1v) is 9.74. The van der Waals surface area contributed by atoms with Gasteiger partial charge in [-0.1, -0.05) is 18.2 Å². The third-order valence-corrected chi connectivity index (χ3v) is 4.69. The number of methoxy groups -OCH3 is 2. The van der Waals surface area contributed by atoms with Crippen molar-refractivity contribution in [3.8, 4) is 17.2 Å². The zero-order valence-corrected chi connectivity index (χ0v) is 17.9. The number of aryl methyl sites for hydroxylation is 1. The minimum Gasteiger partial charge on any atom is -0.493 e. The Kier molecular flexibility index (Phi) is 6.86. The van der Waals surface area contributed by atoms with Gasteiger partial charge >= 0.3 is 6.03 Å². The zero-order chi connectivity index (χ0) is 22.4. The van der Waals surface area contributed by atoms with E-state index in [1.807, 2.05) is 42.8 Å². The van der Waals surface area contributed by atoms with Crippen molar-refractivity contribution in [3.05, 3.63) is 53.7 Å². The molecule has 3 amide bonds. The fraction of sp³-hybridized carbons (Fsp3) is 0.273. The third kappa shape index (κ3) is 4.82. The number of carbonyl (C=O) groups is 2. The maximum absolute atomic E-state index is 12.5. The fourth-order valence-electron chi connectivity index (χ4n) is 3.25. The standard InChI is InChI=1S/C22H26N4O5/c1-5-31-20-18(29-3)10-14(11-19(20)30-4)12-23-22(28)25-24-21(27)16-13-26(2)17-9-7-6-8-15(16)17/h6-11,13H,5,12H2,1-4H3,(H,24,27)(H2,23,25,28). The number of aromatic nitrogens is 1. The predicted molar refractivity (Wildman–Crippen MR) is 116 cm³/mol. The van der Waals surface area contributed by atoms with Crippen LogP contribution in [-0.4, -0.2) is 37.3 Å². The molecule has 0 unspecified atom stereocenters. The van der Waals surface area contributed by atoms with Crippen LogP contribution in [0.15, 0.2) is 42.6 Å². The first kappa shape index (κ1) is 21.8. The second kappa shape index (κ2) is 9.75. The van der Waals surface area contributed by atoms with Crippen LogP contribution in [0.25, 0.3) is 10.9 Å². The van der Waals surface area contributed by atoms with Crippen LogP contribution >= 0.6 is 0 Å². The Morgan fingerprint density at radius 1 is 1.03 bits per heavy atom. The van der Waals surface area contributed by atoms with Crippen LogP contribution in [0.1, 0.15) is 22.8 Å². The summed E-state index contributed by atoms with van der Waals surface area (Å²) in [5, 5.41) is 3.48. The van der Waals surface area contributed by atoms with Gasteiger partial charge in [0.15, 0.2) is 11.5 Å². The zero-order valence-electron chi connectivity index (χ0n) is 17.9. The van der Waals surface area contributed by atoms with E-state index in [4.69, 9.17) is 14.2 Å². The Balaban J connectivity index is 1.61. The first-order valence-electron chi connectivity index (χ1n) is 9.74. The number of amides is 3. The molecular weight excluding hydrogens is 400 g/mol. The average Bonchev–Trinajstić information content (AvgIpc) is 3.13. The van der Waals surface area contributed by atoms with Crippen molar-refractivity contribution in [3.63, 3.8) is 0 Å². The van der Waals surface area contributed by atoms with Crippen LogP contribution in [-0.2, 0) is 13.6 Å². The minimum absolute atomic E-state index is 0.190. The van der Waals surface area contributed by atoms with E-state index in [2.05, 4.69) is 16.2 Å². The number of hydrogen-bond donors (Lipinski definition) is 3. The van der Waals surface area contributed by atoms with Gasteiger partial charge in [0.1, 0.15) is 0 Å². The molecule has 164 valence electrons. The van der Waals surface area contributed by atoms with E-state index in [-0.39, 0.29) is 6.54 Å². The van der Waals surface area contributed by atoms with Crippen molar-refractivity contribution in [2.24, 2.45) is 7.05 Å². The maximum atomic E-state index is 12.5. The highest BCUT2D eigenvalue weighted by atomic mass is 16.5. The smallest absolute Gasteiger partial charge is 0.333 e. The summed E-state index contributed by atoms with van der Waals surface area (Å²) < 4.78 is 18.2. The largest absolute Gasteiger partial charge is 0.493 e. The number of rotatable bonds is 7. The highest BCUT2D eigenvalue weighted by Crippen LogP contribution is 2.38. The van der Waals surface area contributed by atoms with Gasteiger partial charge in [-0.3, -0.25) is 10.2 Å². The van der Waals surface area contributed by atoms with Gasteiger partial charge in [-0.05, 0) is 30.7 Å². The molecule has 31 heavy (non-hydrogen) atoms. The first-order chi connectivity index (χ1) is 15.0. The molecule has 0 atom stereocenters. The van der Waals surface area contributed by atoms with Gasteiger partial charge in [-0.25, -0.2) is 10.2 Å². The number of ether oxygens (including phenoxy) is 3. The molecule has 0 aliphatic rings. The quantitative estimate of drug-likeness (QED) is 0.504. The normalized spacial score (nSPS) is 10.5. The number of carbonyl (C=O) groups excluding carboxylic acids is 2. The fourth-order valence-corrected chi connectivity index (χ4v) is 3.25. The average molecular weight is 426 g/mol. The summed E-state index contributed by atoms with van der Waals surface area (Å²) in [4.78, 5) is 24.7. The molecule has 3 rings (SSSR count). The van der Waals surface area contributed by atoms with Gasteiger partial charge in [0.2, 0.25) is 5.75 Å². The molecule has 0 aliphatic carbocycles. The molecule has 2 aromatic carbocycles. The predicted octanol–water partition coefficient (Wildman–Crippen LogP) is 2.74. The Hall–Kier alpha value is -3.88. The Bertz CT molecular complexity index is 1070. The number of para-hydroxylation sites is 1. The lowest BCUT2D eigenvalue weighted by atomic mass is 10.1. The van der Waals surface area contributed by atoms with Gasteiger partial charge in [-0.2, -0.15) is 0 Å². The van der Waals surface area contributed by atoms with Gasteiger partial charge < -0.3 is 24.1 Å². The van der Waals surface area contributed by atoms with Crippen LogP contribution in [0.2, 0.25) is 0 Å². The topological polar surface area (TPSA) is 103 Å². The maximum Gasteiger partial charge on any atom is 0.333 e. The highest BCUT2D eigenvalue weighted by molar-refractivity contribution is 6.07.